The Balaban J connectivity index is 1.19. The molecular formula is C25H29N5O2S. The first kappa shape index (κ1) is 23.1. The van der Waals surface area contributed by atoms with Crippen molar-refractivity contribution < 1.29 is 9.59 Å². The molecule has 4 rings (SSSR count). The Bertz CT molecular complexity index is 1050. The Morgan fingerprint density at radius 1 is 0.909 bits per heavy atom. The van der Waals surface area contributed by atoms with Crippen LogP contribution in [-0.2, 0) is 24.1 Å². The molecule has 172 valence electrons. The molecule has 0 unspecified atom stereocenters. The predicted molar refractivity (Wildman–Crippen MR) is 131 cm³/mol. The van der Waals surface area contributed by atoms with Gasteiger partial charge < -0.3 is 15.5 Å². The Morgan fingerprint density at radius 2 is 1.67 bits per heavy atom. The van der Waals surface area contributed by atoms with Crippen molar-refractivity contribution >= 4 is 28.3 Å². The molecule has 1 aromatic heterocycles. The molecule has 7 nitrogen and oxygen atoms in total. The number of anilines is 1. The fourth-order valence-corrected chi connectivity index (χ4v) is 4.62. The minimum atomic E-state index is -0.0989. The number of carbonyl (C=O) groups is 2. The summed E-state index contributed by atoms with van der Waals surface area (Å²) in [7, 11) is 0. The third-order valence-electron chi connectivity index (χ3n) is 5.68. The molecule has 0 spiro atoms. The van der Waals surface area contributed by atoms with Crippen LogP contribution in [0.1, 0.15) is 39.3 Å². The van der Waals surface area contributed by atoms with E-state index in [0.717, 1.165) is 48.6 Å². The Labute approximate surface area is 198 Å². The maximum Gasteiger partial charge on any atom is 0.251 e. The molecular weight excluding hydrogens is 434 g/mol. The lowest BCUT2D eigenvalue weighted by Crippen LogP contribution is -2.33. The summed E-state index contributed by atoms with van der Waals surface area (Å²) in [6, 6.07) is 17.3. The molecule has 0 atom stereocenters. The van der Waals surface area contributed by atoms with Gasteiger partial charge in [-0.25, -0.2) is 0 Å². The van der Waals surface area contributed by atoms with E-state index in [1.165, 1.54) is 24.2 Å². The molecule has 0 saturated carbocycles. The van der Waals surface area contributed by atoms with Gasteiger partial charge in [-0.1, -0.05) is 53.8 Å². The van der Waals surface area contributed by atoms with Crippen molar-refractivity contribution in [1.82, 2.24) is 20.4 Å². The summed E-state index contributed by atoms with van der Waals surface area (Å²) in [5.74, 6) is -0.126. The second kappa shape index (κ2) is 11.7. The monoisotopic (exact) mass is 463 g/mol. The van der Waals surface area contributed by atoms with Gasteiger partial charge in [0.25, 0.3) is 5.91 Å². The maximum atomic E-state index is 12.3. The summed E-state index contributed by atoms with van der Waals surface area (Å²) in [6.45, 7) is 3.88. The molecule has 2 N–H and O–H groups in total. The van der Waals surface area contributed by atoms with Crippen LogP contribution in [0, 0.1) is 0 Å². The number of nitrogens with zero attached hydrogens (tertiary/aromatic N) is 3. The number of hydrogen-bond donors (Lipinski definition) is 2. The Hall–Kier alpha value is -3.10. The van der Waals surface area contributed by atoms with Crippen molar-refractivity contribution in [2.45, 2.75) is 32.1 Å². The van der Waals surface area contributed by atoms with Gasteiger partial charge in [0, 0.05) is 25.1 Å². The number of aromatic nitrogens is 2. The van der Waals surface area contributed by atoms with E-state index < -0.39 is 0 Å². The summed E-state index contributed by atoms with van der Waals surface area (Å²) in [4.78, 5) is 26.9. The topological polar surface area (TPSA) is 87.2 Å². The molecule has 2 amide bonds. The van der Waals surface area contributed by atoms with Crippen molar-refractivity contribution in [3.05, 3.63) is 76.3 Å². The fraction of sp³-hybridized carbons (Fsp3) is 0.360. The zero-order valence-corrected chi connectivity index (χ0v) is 19.4. The lowest BCUT2D eigenvalue weighted by molar-refractivity contribution is -0.115. The quantitative estimate of drug-likeness (QED) is 0.482. The SMILES string of the molecule is O=C(Cc1ccccc1)Nc1nnc(CCc2ccc(C(=O)NCCN3CCCC3)cc2)s1. The highest BCUT2D eigenvalue weighted by molar-refractivity contribution is 7.15. The number of hydrogen-bond acceptors (Lipinski definition) is 6. The number of amides is 2. The Morgan fingerprint density at radius 3 is 2.42 bits per heavy atom. The molecule has 2 aromatic carbocycles. The molecule has 1 fully saturated rings. The lowest BCUT2D eigenvalue weighted by Gasteiger charge is -2.14. The number of rotatable bonds is 10. The molecule has 0 aliphatic carbocycles. The first-order valence-electron chi connectivity index (χ1n) is 11.4. The highest BCUT2D eigenvalue weighted by Crippen LogP contribution is 2.18. The minimum Gasteiger partial charge on any atom is -0.351 e. The largest absolute Gasteiger partial charge is 0.351 e. The second-order valence-electron chi connectivity index (χ2n) is 8.21. The summed E-state index contributed by atoms with van der Waals surface area (Å²) in [5, 5.41) is 15.5. The first-order chi connectivity index (χ1) is 16.2. The van der Waals surface area contributed by atoms with Gasteiger partial charge in [0.2, 0.25) is 11.0 Å². The van der Waals surface area contributed by atoms with Crippen LogP contribution in [0.25, 0.3) is 0 Å². The molecule has 33 heavy (non-hydrogen) atoms. The molecule has 8 heteroatoms. The second-order valence-corrected chi connectivity index (χ2v) is 9.28. The molecule has 1 aliphatic heterocycles. The van der Waals surface area contributed by atoms with Crippen LogP contribution in [-0.4, -0.2) is 53.1 Å². The highest BCUT2D eigenvalue weighted by Gasteiger charge is 2.12. The summed E-state index contributed by atoms with van der Waals surface area (Å²) < 4.78 is 0. The van der Waals surface area contributed by atoms with Gasteiger partial charge in [0.05, 0.1) is 6.42 Å². The maximum absolute atomic E-state index is 12.3. The average molecular weight is 464 g/mol. The average Bonchev–Trinajstić information content (AvgIpc) is 3.51. The summed E-state index contributed by atoms with van der Waals surface area (Å²) >= 11 is 1.40. The molecule has 0 radical (unpaired) electrons. The van der Waals surface area contributed by atoms with Crippen LogP contribution >= 0.6 is 11.3 Å². The normalized spacial score (nSPS) is 13.7. The van der Waals surface area contributed by atoms with E-state index >= 15 is 0 Å². The third kappa shape index (κ3) is 7.20. The molecule has 2 heterocycles. The Kier molecular flexibility index (Phi) is 8.16. The van der Waals surface area contributed by atoms with E-state index in [2.05, 4.69) is 25.7 Å². The summed E-state index contributed by atoms with van der Waals surface area (Å²) in [5.41, 5.74) is 2.77. The molecule has 1 aliphatic rings. The van der Waals surface area contributed by atoms with E-state index in [0.29, 0.717) is 23.7 Å². The van der Waals surface area contributed by atoms with E-state index in [1.54, 1.807) is 0 Å². The van der Waals surface area contributed by atoms with Crippen LogP contribution < -0.4 is 10.6 Å². The van der Waals surface area contributed by atoms with Gasteiger partial charge in [-0.15, -0.1) is 10.2 Å². The molecule has 1 saturated heterocycles. The van der Waals surface area contributed by atoms with E-state index in [-0.39, 0.29) is 11.8 Å². The van der Waals surface area contributed by atoms with Gasteiger partial charge in [0.15, 0.2) is 0 Å². The van der Waals surface area contributed by atoms with Crippen LogP contribution in [0.5, 0.6) is 0 Å². The van der Waals surface area contributed by atoms with E-state index in [9.17, 15) is 9.59 Å². The number of aryl methyl sites for hydroxylation is 2. The standard InChI is InChI=1S/C25H29N5O2S/c31-22(18-20-6-2-1-3-7-20)27-25-29-28-23(33-25)13-10-19-8-11-21(12-9-19)24(32)26-14-17-30-15-4-5-16-30/h1-3,6-9,11-12H,4-5,10,13-18H2,(H,26,32)(H,27,29,31). The summed E-state index contributed by atoms with van der Waals surface area (Å²) in [6.07, 6.45) is 4.36. The third-order valence-corrected chi connectivity index (χ3v) is 6.58. The molecule has 0 bridgehead atoms. The van der Waals surface area contributed by atoms with Gasteiger partial charge in [-0.3, -0.25) is 9.59 Å². The van der Waals surface area contributed by atoms with Gasteiger partial charge in [-0.2, -0.15) is 0 Å². The van der Waals surface area contributed by atoms with Gasteiger partial charge in [0.1, 0.15) is 5.01 Å². The van der Waals surface area contributed by atoms with Crippen molar-refractivity contribution in [3.8, 4) is 0 Å². The van der Waals surface area contributed by atoms with Crippen molar-refractivity contribution in [1.29, 1.82) is 0 Å². The zero-order chi connectivity index (χ0) is 22.9. The van der Waals surface area contributed by atoms with Crippen LogP contribution in [0.15, 0.2) is 54.6 Å². The smallest absolute Gasteiger partial charge is 0.251 e. The van der Waals surface area contributed by atoms with Crippen LogP contribution in [0.2, 0.25) is 0 Å². The van der Waals surface area contributed by atoms with E-state index in [1.807, 2.05) is 54.6 Å². The predicted octanol–water partition coefficient (Wildman–Crippen LogP) is 3.33. The minimum absolute atomic E-state index is 0.0271. The highest BCUT2D eigenvalue weighted by atomic mass is 32.1. The number of carbonyl (C=O) groups excluding carboxylic acids is 2. The number of benzene rings is 2. The first-order valence-corrected chi connectivity index (χ1v) is 12.2. The van der Waals surface area contributed by atoms with Crippen molar-refractivity contribution in [2.24, 2.45) is 0 Å². The van der Waals surface area contributed by atoms with E-state index in [4.69, 9.17) is 0 Å². The van der Waals surface area contributed by atoms with Gasteiger partial charge in [-0.05, 0) is 55.6 Å². The number of nitrogens with one attached hydrogen (secondary N) is 2. The lowest BCUT2D eigenvalue weighted by atomic mass is 10.1. The zero-order valence-electron chi connectivity index (χ0n) is 18.6. The van der Waals surface area contributed by atoms with Crippen LogP contribution in [0.4, 0.5) is 5.13 Å². The van der Waals surface area contributed by atoms with Crippen molar-refractivity contribution in [2.75, 3.05) is 31.5 Å². The van der Waals surface area contributed by atoms with Crippen LogP contribution in [0.3, 0.4) is 0 Å². The van der Waals surface area contributed by atoms with Gasteiger partial charge >= 0.3 is 0 Å². The number of likely N-dealkylation sites (tertiary alicyclic amines) is 1. The fourth-order valence-electron chi connectivity index (χ4n) is 3.86. The molecule has 3 aromatic rings. The van der Waals surface area contributed by atoms with Crippen molar-refractivity contribution in [3.63, 3.8) is 0 Å².